The highest BCUT2D eigenvalue weighted by Crippen LogP contribution is 2.17. The molecule has 6 nitrogen and oxygen atoms in total. The molecule has 2 saturated heterocycles. The Hall–Kier alpha value is -1.14. The van der Waals surface area contributed by atoms with Gasteiger partial charge in [0.1, 0.15) is 0 Å². The predicted octanol–water partition coefficient (Wildman–Crippen LogP) is -1.09. The molecule has 0 aromatic heterocycles. The number of rotatable bonds is 4. The lowest BCUT2D eigenvalue weighted by Crippen LogP contribution is -2.48. The van der Waals surface area contributed by atoms with Gasteiger partial charge < -0.3 is 16.4 Å². The molecule has 2 fully saturated rings. The lowest BCUT2D eigenvalue weighted by Gasteiger charge is -2.32. The quantitative estimate of drug-likeness (QED) is 0.604. The summed E-state index contributed by atoms with van der Waals surface area (Å²) in [6.07, 6.45) is 1.79. The van der Waals surface area contributed by atoms with E-state index in [9.17, 15) is 9.59 Å². The van der Waals surface area contributed by atoms with Crippen molar-refractivity contribution in [3.8, 4) is 0 Å². The molecule has 0 aromatic rings. The van der Waals surface area contributed by atoms with Crippen LogP contribution in [0.5, 0.6) is 0 Å². The Morgan fingerprint density at radius 3 is 2.53 bits per heavy atom. The predicted molar refractivity (Wildman–Crippen MR) is 72.3 cm³/mol. The molecule has 2 atom stereocenters. The van der Waals surface area contributed by atoms with Crippen LogP contribution in [0.1, 0.15) is 19.8 Å². The van der Waals surface area contributed by atoms with Crippen LogP contribution in [0.2, 0.25) is 0 Å². The van der Waals surface area contributed by atoms with Gasteiger partial charge in [0.05, 0.1) is 12.5 Å². The Kier molecular flexibility index (Phi) is 4.76. The fourth-order valence-electron chi connectivity index (χ4n) is 2.93. The zero-order valence-corrected chi connectivity index (χ0v) is 11.5. The number of nitrogens with two attached hydrogens (primary N) is 1. The van der Waals surface area contributed by atoms with Gasteiger partial charge in [-0.15, -0.1) is 0 Å². The summed E-state index contributed by atoms with van der Waals surface area (Å²) >= 11 is 0. The molecule has 6 heteroatoms. The molecule has 4 N–H and O–H groups in total. The van der Waals surface area contributed by atoms with Crippen LogP contribution in [0.15, 0.2) is 0 Å². The Morgan fingerprint density at radius 1 is 1.32 bits per heavy atom. The second kappa shape index (κ2) is 6.34. The first-order valence-electron chi connectivity index (χ1n) is 7.08. The van der Waals surface area contributed by atoms with Crippen LogP contribution < -0.4 is 16.4 Å². The van der Waals surface area contributed by atoms with E-state index in [1.54, 1.807) is 0 Å². The number of likely N-dealkylation sites (tertiary alicyclic amines) is 1. The van der Waals surface area contributed by atoms with Gasteiger partial charge in [-0.2, -0.15) is 0 Å². The number of primary amides is 1. The molecule has 0 saturated carbocycles. The molecule has 2 rings (SSSR count). The molecule has 0 aliphatic carbocycles. The van der Waals surface area contributed by atoms with Crippen molar-refractivity contribution in [2.24, 2.45) is 17.6 Å². The Balaban J connectivity index is 1.73. The summed E-state index contributed by atoms with van der Waals surface area (Å²) in [7, 11) is 0. The van der Waals surface area contributed by atoms with Gasteiger partial charge in [-0.1, -0.05) is 6.92 Å². The van der Waals surface area contributed by atoms with Crippen LogP contribution in [0, 0.1) is 11.8 Å². The maximum atomic E-state index is 12.1. The summed E-state index contributed by atoms with van der Waals surface area (Å²) < 4.78 is 0. The lowest BCUT2D eigenvalue weighted by molar-refractivity contribution is -0.126. The Morgan fingerprint density at radius 2 is 2.00 bits per heavy atom. The van der Waals surface area contributed by atoms with Gasteiger partial charge in [-0.3, -0.25) is 14.5 Å². The molecule has 2 aliphatic heterocycles. The van der Waals surface area contributed by atoms with Crippen molar-refractivity contribution < 1.29 is 9.59 Å². The monoisotopic (exact) mass is 268 g/mol. The van der Waals surface area contributed by atoms with Crippen LogP contribution in [0.4, 0.5) is 0 Å². The van der Waals surface area contributed by atoms with Gasteiger partial charge in [0, 0.05) is 25.7 Å². The van der Waals surface area contributed by atoms with E-state index in [2.05, 4.69) is 17.6 Å². The summed E-state index contributed by atoms with van der Waals surface area (Å²) in [5, 5.41) is 6.39. The maximum Gasteiger partial charge on any atom is 0.231 e. The van der Waals surface area contributed by atoms with E-state index in [0.29, 0.717) is 12.5 Å². The van der Waals surface area contributed by atoms with Crippen LogP contribution >= 0.6 is 0 Å². The van der Waals surface area contributed by atoms with Gasteiger partial charge >= 0.3 is 0 Å². The second-order valence-corrected chi connectivity index (χ2v) is 5.77. The van der Waals surface area contributed by atoms with E-state index < -0.39 is 0 Å². The summed E-state index contributed by atoms with van der Waals surface area (Å²) in [5.74, 6) is 0.401. The molecule has 2 heterocycles. The highest BCUT2D eigenvalue weighted by Gasteiger charge is 2.31. The number of carbonyl (C=O) groups is 2. The molecule has 0 radical (unpaired) electrons. The first kappa shape index (κ1) is 14.3. The van der Waals surface area contributed by atoms with Crippen molar-refractivity contribution >= 4 is 11.8 Å². The Labute approximate surface area is 114 Å². The minimum absolute atomic E-state index is 0.101. The molecule has 2 amide bonds. The summed E-state index contributed by atoms with van der Waals surface area (Å²) in [4.78, 5) is 25.0. The van der Waals surface area contributed by atoms with E-state index in [-0.39, 0.29) is 23.8 Å². The van der Waals surface area contributed by atoms with E-state index in [1.807, 2.05) is 4.90 Å². The smallest absolute Gasteiger partial charge is 0.231 e. The molecule has 2 aliphatic rings. The second-order valence-electron chi connectivity index (χ2n) is 5.77. The number of carbonyl (C=O) groups excluding carboxylic acids is 2. The highest BCUT2D eigenvalue weighted by molar-refractivity contribution is 5.80. The summed E-state index contributed by atoms with van der Waals surface area (Å²) in [6.45, 7) is 5.80. The SMILES string of the molecule is C[C@@H]1CNC[C@H]1C(=O)NC1CCN(CC(N)=O)CC1. The van der Waals surface area contributed by atoms with Crippen LogP contribution in [0.25, 0.3) is 0 Å². The number of hydrogen-bond donors (Lipinski definition) is 3. The maximum absolute atomic E-state index is 12.1. The zero-order valence-electron chi connectivity index (χ0n) is 11.5. The molecule has 0 unspecified atom stereocenters. The van der Waals surface area contributed by atoms with Crippen molar-refractivity contribution in [1.29, 1.82) is 0 Å². The first-order valence-corrected chi connectivity index (χ1v) is 7.08. The topological polar surface area (TPSA) is 87.5 Å². The third-order valence-corrected chi connectivity index (χ3v) is 4.17. The molecule has 0 spiro atoms. The molecule has 19 heavy (non-hydrogen) atoms. The summed E-state index contributed by atoms with van der Waals surface area (Å²) in [6, 6.07) is 0.240. The van der Waals surface area contributed by atoms with Crippen LogP contribution in [0.3, 0.4) is 0 Å². The Bertz CT molecular complexity index is 340. The first-order chi connectivity index (χ1) is 9.06. The van der Waals surface area contributed by atoms with Gasteiger partial charge in [-0.05, 0) is 25.3 Å². The number of piperidine rings is 1. The van der Waals surface area contributed by atoms with Crippen molar-refractivity contribution in [2.75, 3.05) is 32.7 Å². The normalized spacial score (nSPS) is 29.3. The fourth-order valence-corrected chi connectivity index (χ4v) is 2.93. The molecular weight excluding hydrogens is 244 g/mol. The highest BCUT2D eigenvalue weighted by atomic mass is 16.2. The molecular formula is C13H24N4O2. The molecule has 0 aromatic carbocycles. The van der Waals surface area contributed by atoms with E-state index in [0.717, 1.165) is 39.0 Å². The molecule has 0 bridgehead atoms. The minimum atomic E-state index is -0.284. The van der Waals surface area contributed by atoms with E-state index >= 15 is 0 Å². The third-order valence-electron chi connectivity index (χ3n) is 4.17. The average molecular weight is 268 g/mol. The van der Waals surface area contributed by atoms with Crippen molar-refractivity contribution in [3.63, 3.8) is 0 Å². The zero-order chi connectivity index (χ0) is 13.8. The van der Waals surface area contributed by atoms with E-state index in [1.165, 1.54) is 0 Å². The third kappa shape index (κ3) is 3.91. The van der Waals surface area contributed by atoms with Crippen molar-refractivity contribution in [3.05, 3.63) is 0 Å². The van der Waals surface area contributed by atoms with Crippen molar-refractivity contribution in [1.82, 2.24) is 15.5 Å². The summed E-state index contributed by atoms with van der Waals surface area (Å²) in [5.41, 5.74) is 5.18. The van der Waals surface area contributed by atoms with Gasteiger partial charge in [-0.25, -0.2) is 0 Å². The standard InChI is InChI=1S/C13H24N4O2/c1-9-6-15-7-11(9)13(19)16-10-2-4-17(5-3-10)8-12(14)18/h9-11,15H,2-8H2,1H3,(H2,14,18)(H,16,19)/t9-,11-/m1/s1. The van der Waals surface area contributed by atoms with Crippen LogP contribution in [-0.4, -0.2) is 55.5 Å². The number of hydrogen-bond acceptors (Lipinski definition) is 4. The fraction of sp³-hybridized carbons (Fsp3) is 0.846. The van der Waals surface area contributed by atoms with Crippen molar-refractivity contribution in [2.45, 2.75) is 25.8 Å². The average Bonchev–Trinajstić information content (AvgIpc) is 2.77. The van der Waals surface area contributed by atoms with Gasteiger partial charge in [0.25, 0.3) is 0 Å². The van der Waals surface area contributed by atoms with Gasteiger partial charge in [0.2, 0.25) is 11.8 Å². The molecule has 108 valence electrons. The van der Waals surface area contributed by atoms with E-state index in [4.69, 9.17) is 5.73 Å². The number of nitrogens with zero attached hydrogens (tertiary/aromatic N) is 1. The minimum Gasteiger partial charge on any atom is -0.369 e. The lowest BCUT2D eigenvalue weighted by atomic mass is 9.96. The van der Waals surface area contributed by atoms with Crippen LogP contribution in [-0.2, 0) is 9.59 Å². The van der Waals surface area contributed by atoms with Gasteiger partial charge in [0.15, 0.2) is 0 Å². The number of amides is 2. The number of nitrogens with one attached hydrogen (secondary N) is 2. The largest absolute Gasteiger partial charge is 0.369 e.